The van der Waals surface area contributed by atoms with Crippen LogP contribution in [0.2, 0.25) is 0 Å². The monoisotopic (exact) mass is 1020 g/mol. The second-order valence-corrected chi connectivity index (χ2v) is 17.1. The first-order chi connectivity index (χ1) is 37.3. The number of ether oxygens (including phenoxy) is 5. The van der Waals surface area contributed by atoms with E-state index in [-0.39, 0.29) is 66.5 Å². The zero-order valence-corrected chi connectivity index (χ0v) is 41.5. The molecule has 0 fully saturated rings. The van der Waals surface area contributed by atoms with Crippen LogP contribution >= 0.6 is 0 Å². The van der Waals surface area contributed by atoms with E-state index in [1.54, 1.807) is 133 Å². The van der Waals surface area contributed by atoms with Crippen molar-refractivity contribution in [3.05, 3.63) is 179 Å². The number of carboxylic acids is 1. The zero-order chi connectivity index (χ0) is 54.1. The van der Waals surface area contributed by atoms with Crippen LogP contribution < -0.4 is 0 Å². The first-order valence-electron chi connectivity index (χ1n) is 23.4. The van der Waals surface area contributed by atoms with E-state index in [1.807, 2.05) is 0 Å². The fraction of sp³-hybridized carbons (Fsp3) is 0.0847. The van der Waals surface area contributed by atoms with Crippen LogP contribution in [0.1, 0.15) is 62.1 Å². The topological polar surface area (TPSA) is 246 Å². The number of aromatic nitrogens is 6. The molecular weight excluding hydrogens is 985 g/mol. The SMILES string of the molecule is COC(=O)c1ccc(-c2nc3c(nc2-c2ccc(C(=O)O)cc2)c2nc(-c4ccc(C(=O)OC)cc4)c(-c4ccc(C(=O)OC)cc4)nc2c2nc(-c4ccc(C(=O)OC)cc4)c(-c4ccc(C(=O)OC)cc4)nc32)cc1. The van der Waals surface area contributed by atoms with Crippen molar-refractivity contribution in [2.24, 2.45) is 0 Å². The van der Waals surface area contributed by atoms with E-state index in [1.165, 1.54) is 47.7 Å². The van der Waals surface area contributed by atoms with Crippen LogP contribution in [0.4, 0.5) is 0 Å². The molecule has 10 aromatic rings. The van der Waals surface area contributed by atoms with Gasteiger partial charge >= 0.3 is 35.8 Å². The molecule has 0 amide bonds. The van der Waals surface area contributed by atoms with Crippen molar-refractivity contribution in [3.63, 3.8) is 0 Å². The number of methoxy groups -OCH3 is 5. The molecule has 0 aliphatic rings. The average Bonchev–Trinajstić information content (AvgIpc) is 3.52. The maximum Gasteiger partial charge on any atom is 0.337 e. The fourth-order valence-electron chi connectivity index (χ4n) is 8.69. The highest BCUT2D eigenvalue weighted by atomic mass is 16.5. The van der Waals surface area contributed by atoms with E-state index in [0.717, 1.165) is 0 Å². The Bertz CT molecular complexity index is 3940. The van der Waals surface area contributed by atoms with Crippen LogP contribution in [-0.4, -0.2) is 106 Å². The van der Waals surface area contributed by atoms with Gasteiger partial charge in [-0.1, -0.05) is 72.8 Å². The molecule has 0 saturated carbocycles. The number of rotatable bonds is 12. The molecule has 3 aromatic heterocycles. The summed E-state index contributed by atoms with van der Waals surface area (Å²) in [5.41, 5.74) is 7.64. The largest absolute Gasteiger partial charge is 0.478 e. The summed E-state index contributed by atoms with van der Waals surface area (Å²) >= 11 is 0. The first-order valence-corrected chi connectivity index (χ1v) is 23.4. The molecule has 0 bridgehead atoms. The maximum atomic E-state index is 12.7. The lowest BCUT2D eigenvalue weighted by atomic mass is 9.99. The third kappa shape index (κ3) is 9.37. The number of hydrogen-bond acceptors (Lipinski definition) is 17. The average molecular weight is 1020 g/mol. The summed E-state index contributed by atoms with van der Waals surface area (Å²) in [6.07, 6.45) is 0. The minimum Gasteiger partial charge on any atom is -0.478 e. The van der Waals surface area contributed by atoms with Crippen LogP contribution in [0.3, 0.4) is 0 Å². The third-order valence-electron chi connectivity index (χ3n) is 12.7. The number of aromatic carboxylic acids is 1. The second-order valence-electron chi connectivity index (χ2n) is 17.1. The van der Waals surface area contributed by atoms with Crippen LogP contribution in [0.5, 0.6) is 0 Å². The second kappa shape index (κ2) is 20.7. The summed E-state index contributed by atoms with van der Waals surface area (Å²) in [6.45, 7) is 0. The number of nitrogens with zero attached hydrogens (tertiary/aromatic N) is 6. The van der Waals surface area contributed by atoms with E-state index in [9.17, 15) is 33.9 Å². The Hall–Kier alpha value is -10.6. The van der Waals surface area contributed by atoms with Gasteiger partial charge in [0.1, 0.15) is 33.1 Å². The quantitative estimate of drug-likeness (QED) is 0.0679. The van der Waals surface area contributed by atoms with Gasteiger partial charge in [0.2, 0.25) is 0 Å². The number of carbonyl (C=O) groups excluding carboxylic acids is 5. The lowest BCUT2D eigenvalue weighted by Crippen LogP contribution is -2.06. The molecule has 18 heteroatoms. The molecule has 7 aromatic carbocycles. The van der Waals surface area contributed by atoms with Crippen molar-refractivity contribution in [2.75, 3.05) is 35.5 Å². The van der Waals surface area contributed by atoms with E-state index in [4.69, 9.17) is 53.6 Å². The van der Waals surface area contributed by atoms with E-state index in [2.05, 4.69) is 0 Å². The number of carbonyl (C=O) groups is 6. The summed E-state index contributed by atoms with van der Waals surface area (Å²) in [4.78, 5) is 108. The summed E-state index contributed by atoms with van der Waals surface area (Å²) in [5.74, 6) is -3.91. The van der Waals surface area contributed by atoms with Gasteiger partial charge < -0.3 is 28.8 Å². The molecule has 0 aliphatic heterocycles. The van der Waals surface area contributed by atoms with Crippen molar-refractivity contribution in [2.45, 2.75) is 0 Å². The van der Waals surface area contributed by atoms with Crippen LogP contribution in [0, 0.1) is 0 Å². The Morgan fingerprint density at radius 2 is 0.403 bits per heavy atom. The highest BCUT2D eigenvalue weighted by Crippen LogP contribution is 2.42. The number of hydrogen-bond donors (Lipinski definition) is 1. The highest BCUT2D eigenvalue weighted by Gasteiger charge is 2.27. The normalized spacial score (nSPS) is 11.0. The molecule has 1 N–H and O–H groups in total. The zero-order valence-electron chi connectivity index (χ0n) is 41.5. The lowest BCUT2D eigenvalue weighted by molar-refractivity contribution is 0.0592. The predicted molar refractivity (Wildman–Crippen MR) is 282 cm³/mol. The summed E-state index contributed by atoms with van der Waals surface area (Å²) < 4.78 is 24.9. The number of esters is 5. The van der Waals surface area contributed by atoms with Crippen molar-refractivity contribution < 1.29 is 57.6 Å². The summed E-state index contributed by atoms with van der Waals surface area (Å²) in [5, 5.41) is 9.87. The van der Waals surface area contributed by atoms with Crippen molar-refractivity contribution >= 4 is 68.9 Å². The Balaban J connectivity index is 1.38. The Morgan fingerprint density at radius 3 is 0.532 bits per heavy atom. The van der Waals surface area contributed by atoms with Gasteiger partial charge in [0.25, 0.3) is 0 Å². The number of fused-ring (bicyclic) bond motifs is 6. The van der Waals surface area contributed by atoms with Gasteiger partial charge in [0.15, 0.2) is 0 Å². The van der Waals surface area contributed by atoms with Crippen molar-refractivity contribution in [3.8, 4) is 67.5 Å². The van der Waals surface area contributed by atoms with Crippen LogP contribution in [0.25, 0.3) is 101 Å². The minimum atomic E-state index is -1.14. The molecule has 0 radical (unpaired) electrons. The molecular formula is C59H40N6O12. The van der Waals surface area contributed by atoms with Gasteiger partial charge in [-0.2, -0.15) is 0 Å². The molecule has 3 heterocycles. The first kappa shape index (κ1) is 49.9. The minimum absolute atomic E-state index is 0.0296. The molecule has 378 valence electrons. The molecule has 77 heavy (non-hydrogen) atoms. The molecule has 0 spiro atoms. The van der Waals surface area contributed by atoms with E-state index >= 15 is 0 Å². The lowest BCUT2D eigenvalue weighted by Gasteiger charge is -2.18. The predicted octanol–water partition coefficient (Wildman–Crippen LogP) is 10.1. The number of carboxylic acid groups (broad SMARTS) is 1. The molecule has 10 rings (SSSR count). The van der Waals surface area contributed by atoms with Gasteiger partial charge in [0, 0.05) is 33.4 Å². The molecule has 0 atom stereocenters. The summed E-state index contributed by atoms with van der Waals surface area (Å²) in [7, 11) is 6.41. The highest BCUT2D eigenvalue weighted by molar-refractivity contribution is 6.20. The van der Waals surface area contributed by atoms with Gasteiger partial charge in [0.05, 0.1) is 103 Å². The Labute approximate surface area is 436 Å². The van der Waals surface area contributed by atoms with E-state index < -0.39 is 35.8 Å². The maximum absolute atomic E-state index is 12.7. The van der Waals surface area contributed by atoms with E-state index in [0.29, 0.717) is 67.5 Å². The summed E-state index contributed by atoms with van der Waals surface area (Å²) in [6, 6.07) is 39.0. The van der Waals surface area contributed by atoms with Crippen molar-refractivity contribution in [1.29, 1.82) is 0 Å². The Morgan fingerprint density at radius 1 is 0.260 bits per heavy atom. The van der Waals surface area contributed by atoms with Gasteiger partial charge in [-0.3, -0.25) is 0 Å². The van der Waals surface area contributed by atoms with Gasteiger partial charge in [-0.25, -0.2) is 58.7 Å². The molecule has 18 nitrogen and oxygen atoms in total. The molecule has 0 unspecified atom stereocenters. The van der Waals surface area contributed by atoms with Crippen LogP contribution in [-0.2, 0) is 23.7 Å². The third-order valence-corrected chi connectivity index (χ3v) is 12.7. The Kier molecular flexibility index (Phi) is 13.4. The fourth-order valence-corrected chi connectivity index (χ4v) is 8.69. The van der Waals surface area contributed by atoms with Gasteiger partial charge in [-0.15, -0.1) is 0 Å². The van der Waals surface area contributed by atoms with Crippen LogP contribution in [0.15, 0.2) is 146 Å². The standard InChI is InChI=1S/C59H40N6O12/c1-73-55(68)37-20-8-31(9-21-37)43-42(30-6-18-36(19-7-30)54(66)67)60-48-49(61-43)51-53(65-47(35-16-28-41(29-17-35)59(72)77-5)46(63-51)34-14-26-40(27-15-34)58(71)76-4)52-50(48)62-44(32-10-22-38(23-11-32)56(69)74-2)45(64-52)33-12-24-39(25-13-33)57(70)75-3/h6-29H,1-5H3,(H,66,67). The smallest absolute Gasteiger partial charge is 0.337 e. The molecule has 0 aliphatic carbocycles. The van der Waals surface area contributed by atoms with Crippen molar-refractivity contribution in [1.82, 2.24) is 29.9 Å². The molecule has 0 saturated heterocycles. The number of benzene rings is 7. The van der Waals surface area contributed by atoms with Gasteiger partial charge in [-0.05, 0) is 72.8 Å².